The van der Waals surface area contributed by atoms with Gasteiger partial charge in [-0.25, -0.2) is 8.42 Å². The molecule has 1 heterocycles. The van der Waals surface area contributed by atoms with Gasteiger partial charge < -0.3 is 14.8 Å². The Morgan fingerprint density at radius 2 is 1.48 bits per heavy atom. The highest BCUT2D eigenvalue weighted by molar-refractivity contribution is 7.91. The largest absolute Gasteiger partial charge is 0.493 e. The molecule has 0 spiro atoms. The molecule has 0 saturated heterocycles. The number of nitrogens with one attached hydrogen (secondary N) is 1. The van der Waals surface area contributed by atoms with E-state index in [0.29, 0.717) is 22.9 Å². The first-order valence-corrected chi connectivity index (χ1v) is 14.1. The number of unbranched alkanes of at least 4 members (excludes halogenated alkanes) is 1. The van der Waals surface area contributed by atoms with Crippen molar-refractivity contribution in [2.45, 2.75) is 97.0 Å². The standard InChI is InChI=1S/C17H27NO4S.C6H8.2C2H6/c1-5-7-8-17(6-2)12-23(19,20)16-10-15(22-4)14(21-3)9-13(16)11-18-17;1-2-4-6-5-3-1;2*1-2/h9-10,18H,5-8,11-12H2,1-4H3;1-4H,5-6H2;2*1-2H3/t17-;;;/m1.../s1. The Hall–Kier alpha value is -1.79. The fourth-order valence-corrected chi connectivity index (χ4v) is 5.88. The van der Waals surface area contributed by atoms with Crippen molar-refractivity contribution in [2.24, 2.45) is 0 Å². The third-order valence-electron chi connectivity index (χ3n) is 5.59. The van der Waals surface area contributed by atoms with Gasteiger partial charge in [-0.1, -0.05) is 78.7 Å². The highest BCUT2D eigenvalue weighted by Gasteiger charge is 2.38. The van der Waals surface area contributed by atoms with Crippen LogP contribution in [0.2, 0.25) is 0 Å². The van der Waals surface area contributed by atoms with Gasteiger partial charge in [-0.3, -0.25) is 0 Å². The van der Waals surface area contributed by atoms with E-state index in [1.165, 1.54) is 20.0 Å². The number of rotatable bonds is 6. The van der Waals surface area contributed by atoms with Gasteiger partial charge in [0.2, 0.25) is 0 Å². The number of benzene rings is 1. The molecule has 0 bridgehead atoms. The lowest BCUT2D eigenvalue weighted by molar-refractivity contribution is 0.313. The molecule has 1 N–H and O–H groups in total. The van der Waals surface area contributed by atoms with Crippen LogP contribution in [0, 0.1) is 0 Å². The number of allylic oxidation sites excluding steroid dienone is 4. The molecule has 6 heteroatoms. The Bertz CT molecular complexity index is 819. The fourth-order valence-electron chi connectivity index (χ4n) is 3.73. The Morgan fingerprint density at radius 3 is 1.91 bits per heavy atom. The summed E-state index contributed by atoms with van der Waals surface area (Å²) in [5, 5.41) is 3.50. The van der Waals surface area contributed by atoms with Crippen LogP contribution in [0.4, 0.5) is 0 Å². The van der Waals surface area contributed by atoms with E-state index in [9.17, 15) is 8.42 Å². The maximum Gasteiger partial charge on any atom is 0.180 e. The number of sulfone groups is 1. The van der Waals surface area contributed by atoms with Crippen LogP contribution in [0.3, 0.4) is 0 Å². The molecule has 5 nitrogen and oxygen atoms in total. The lowest BCUT2D eigenvalue weighted by Crippen LogP contribution is -2.48. The van der Waals surface area contributed by atoms with Crippen molar-refractivity contribution in [1.82, 2.24) is 5.32 Å². The van der Waals surface area contributed by atoms with Gasteiger partial charge in [0.15, 0.2) is 21.3 Å². The summed E-state index contributed by atoms with van der Waals surface area (Å²) in [4.78, 5) is 0.356. The molecule has 1 aliphatic heterocycles. The molecule has 0 aromatic heterocycles. The Labute approximate surface area is 203 Å². The minimum Gasteiger partial charge on any atom is -0.493 e. The molecule has 1 aromatic rings. The Morgan fingerprint density at radius 1 is 0.939 bits per heavy atom. The Balaban J connectivity index is 0.000000860. The lowest BCUT2D eigenvalue weighted by Gasteiger charge is -2.32. The SMILES string of the molecule is C1=CCCC=C1.CC.CC.CCCC[C@]1(CC)CS(=O)(=O)c2cc(OC)c(OC)cc2CN1. The molecule has 0 fully saturated rings. The van der Waals surface area contributed by atoms with Gasteiger partial charge in [0.05, 0.1) is 24.9 Å². The molecule has 33 heavy (non-hydrogen) atoms. The minimum atomic E-state index is -3.38. The van der Waals surface area contributed by atoms with Crippen molar-refractivity contribution in [3.8, 4) is 11.5 Å². The smallest absolute Gasteiger partial charge is 0.180 e. The van der Waals surface area contributed by atoms with Gasteiger partial charge >= 0.3 is 0 Å². The number of methoxy groups -OCH3 is 2. The molecular weight excluding hydrogens is 434 g/mol. The van der Waals surface area contributed by atoms with E-state index < -0.39 is 9.84 Å². The first kappa shape index (κ1) is 31.2. The normalized spacial score (nSPS) is 19.8. The van der Waals surface area contributed by atoms with E-state index in [2.05, 4.69) is 43.5 Å². The summed E-state index contributed by atoms with van der Waals surface area (Å²) < 4.78 is 36.5. The average Bonchev–Trinajstić information content (AvgIpc) is 2.99. The van der Waals surface area contributed by atoms with Crippen LogP contribution in [-0.2, 0) is 16.4 Å². The average molecular weight is 482 g/mol. The zero-order valence-electron chi connectivity index (χ0n) is 22.2. The third-order valence-corrected chi connectivity index (χ3v) is 7.57. The van der Waals surface area contributed by atoms with E-state index in [1.807, 2.05) is 27.7 Å². The van der Waals surface area contributed by atoms with Gasteiger partial charge in [-0.05, 0) is 37.3 Å². The second kappa shape index (κ2) is 16.8. The van der Waals surface area contributed by atoms with Crippen molar-refractivity contribution in [1.29, 1.82) is 0 Å². The zero-order chi connectivity index (χ0) is 25.3. The van der Waals surface area contributed by atoms with Gasteiger partial charge in [0.25, 0.3) is 0 Å². The zero-order valence-corrected chi connectivity index (χ0v) is 23.0. The lowest BCUT2D eigenvalue weighted by atomic mass is 9.91. The number of hydrogen-bond acceptors (Lipinski definition) is 5. The summed E-state index contributed by atoms with van der Waals surface area (Å²) in [5.74, 6) is 1.13. The van der Waals surface area contributed by atoms with Crippen LogP contribution in [0.1, 0.15) is 85.6 Å². The maximum absolute atomic E-state index is 13.0. The predicted octanol–water partition coefficient (Wildman–Crippen LogP) is 6.86. The predicted molar refractivity (Wildman–Crippen MR) is 141 cm³/mol. The number of hydrogen-bond donors (Lipinski definition) is 1. The molecule has 1 aliphatic carbocycles. The summed E-state index contributed by atoms with van der Waals surface area (Å²) in [7, 11) is -0.311. The highest BCUT2D eigenvalue weighted by atomic mass is 32.2. The molecular formula is C27H47NO4S. The van der Waals surface area contributed by atoms with Gasteiger partial charge in [0.1, 0.15) is 0 Å². The van der Waals surface area contributed by atoms with Crippen molar-refractivity contribution >= 4 is 9.84 Å². The number of ether oxygens (including phenoxy) is 2. The highest BCUT2D eigenvalue weighted by Crippen LogP contribution is 2.37. The third kappa shape index (κ3) is 9.54. The van der Waals surface area contributed by atoms with Gasteiger partial charge in [-0.15, -0.1) is 0 Å². The quantitative estimate of drug-likeness (QED) is 0.480. The van der Waals surface area contributed by atoms with Crippen LogP contribution < -0.4 is 14.8 Å². The van der Waals surface area contributed by atoms with E-state index >= 15 is 0 Å². The van der Waals surface area contributed by atoms with Crippen molar-refractivity contribution in [3.05, 3.63) is 42.0 Å². The van der Waals surface area contributed by atoms with E-state index in [4.69, 9.17) is 9.47 Å². The van der Waals surface area contributed by atoms with Crippen LogP contribution in [0.5, 0.6) is 11.5 Å². The Kier molecular flexibility index (Phi) is 15.9. The summed E-state index contributed by atoms with van der Waals surface area (Å²) in [6, 6.07) is 3.36. The maximum atomic E-state index is 13.0. The fraction of sp³-hybridized carbons (Fsp3) is 0.630. The van der Waals surface area contributed by atoms with Gasteiger partial charge in [0, 0.05) is 18.2 Å². The molecule has 1 aromatic carbocycles. The molecule has 0 amide bonds. The molecule has 0 unspecified atom stereocenters. The molecule has 0 radical (unpaired) electrons. The first-order valence-electron chi connectivity index (χ1n) is 12.5. The van der Waals surface area contributed by atoms with Gasteiger partial charge in [-0.2, -0.15) is 0 Å². The van der Waals surface area contributed by atoms with Crippen LogP contribution >= 0.6 is 0 Å². The summed E-state index contributed by atoms with van der Waals surface area (Å²) in [6.45, 7) is 12.7. The van der Waals surface area contributed by atoms with E-state index in [0.717, 1.165) is 31.2 Å². The summed E-state index contributed by atoms with van der Waals surface area (Å²) in [5.41, 5.74) is 0.378. The van der Waals surface area contributed by atoms with Crippen molar-refractivity contribution in [2.75, 3.05) is 20.0 Å². The second-order valence-electron chi connectivity index (χ2n) is 7.60. The van der Waals surface area contributed by atoms with Crippen LogP contribution in [0.15, 0.2) is 41.3 Å². The topological polar surface area (TPSA) is 64.6 Å². The van der Waals surface area contributed by atoms with Crippen LogP contribution in [0.25, 0.3) is 0 Å². The minimum absolute atomic E-state index is 0.124. The molecule has 2 aliphatic rings. The van der Waals surface area contributed by atoms with E-state index in [1.54, 1.807) is 19.2 Å². The van der Waals surface area contributed by atoms with E-state index in [-0.39, 0.29) is 11.3 Å². The first-order chi connectivity index (χ1) is 15.9. The number of fused-ring (bicyclic) bond motifs is 1. The second-order valence-corrected chi connectivity index (χ2v) is 9.56. The molecule has 3 rings (SSSR count). The summed E-state index contributed by atoms with van der Waals surface area (Å²) in [6.07, 6.45) is 14.7. The summed E-state index contributed by atoms with van der Waals surface area (Å²) >= 11 is 0. The van der Waals surface area contributed by atoms with Crippen LogP contribution in [-0.4, -0.2) is 33.9 Å². The molecule has 190 valence electrons. The molecule has 0 saturated carbocycles. The molecule has 1 atom stereocenters. The monoisotopic (exact) mass is 481 g/mol. The van der Waals surface area contributed by atoms with Crippen molar-refractivity contribution < 1.29 is 17.9 Å². The van der Waals surface area contributed by atoms with Crippen molar-refractivity contribution in [3.63, 3.8) is 0 Å².